The molecule has 5 heteroatoms. The number of nitrogens with one attached hydrogen (secondary N) is 1. The van der Waals surface area contributed by atoms with E-state index in [-0.39, 0.29) is 23.0 Å². The number of hydrogen-bond donors (Lipinski definition) is 1. The van der Waals surface area contributed by atoms with E-state index in [0.29, 0.717) is 0 Å². The van der Waals surface area contributed by atoms with E-state index in [9.17, 15) is 9.18 Å². The van der Waals surface area contributed by atoms with Crippen LogP contribution in [0.2, 0.25) is 5.02 Å². The molecule has 1 aromatic rings. The fraction of sp³-hybridized carbons (Fsp3) is 0.533. The Labute approximate surface area is 124 Å². The number of carbonyl (C=O) groups excluding carboxylic acids is 1. The second kappa shape index (κ2) is 6.55. The van der Waals surface area contributed by atoms with Crippen LogP contribution >= 0.6 is 11.6 Å². The van der Waals surface area contributed by atoms with Gasteiger partial charge in [0, 0.05) is 19.1 Å². The lowest BCUT2D eigenvalue weighted by atomic mass is 10.1. The van der Waals surface area contributed by atoms with Gasteiger partial charge < -0.3 is 4.90 Å². The fourth-order valence-corrected chi connectivity index (χ4v) is 2.72. The number of amides is 1. The first-order valence-corrected chi connectivity index (χ1v) is 7.36. The normalized spacial score (nSPS) is 18.1. The molecule has 20 heavy (non-hydrogen) atoms. The first-order valence-electron chi connectivity index (χ1n) is 6.99. The number of likely N-dealkylation sites (tertiary alicyclic amines) is 1. The van der Waals surface area contributed by atoms with Crippen molar-refractivity contribution in [2.24, 2.45) is 0 Å². The van der Waals surface area contributed by atoms with E-state index in [1.165, 1.54) is 6.07 Å². The van der Waals surface area contributed by atoms with Crippen LogP contribution in [0.25, 0.3) is 0 Å². The molecule has 0 saturated carbocycles. The Kier molecular flexibility index (Phi) is 5.00. The average molecular weight is 299 g/mol. The Hall–Kier alpha value is -1.13. The zero-order chi connectivity index (χ0) is 14.7. The average Bonchev–Trinajstić information content (AvgIpc) is 2.94. The molecule has 0 spiro atoms. The predicted molar refractivity (Wildman–Crippen MR) is 78.2 cm³/mol. The summed E-state index contributed by atoms with van der Waals surface area (Å²) in [5, 5.41) is 3.35. The number of halogens is 2. The fourth-order valence-electron chi connectivity index (χ4n) is 2.54. The molecule has 0 bridgehead atoms. The molecule has 0 aromatic heterocycles. The maximum Gasteiger partial charge on any atom is 0.239 e. The van der Waals surface area contributed by atoms with Crippen molar-refractivity contribution in [1.82, 2.24) is 10.2 Å². The van der Waals surface area contributed by atoms with Gasteiger partial charge in [-0.3, -0.25) is 10.1 Å². The molecule has 110 valence electrons. The molecule has 1 fully saturated rings. The summed E-state index contributed by atoms with van der Waals surface area (Å²) in [4.78, 5) is 14.1. The molecule has 2 rings (SSSR count). The quantitative estimate of drug-likeness (QED) is 0.926. The largest absolute Gasteiger partial charge is 0.341 e. The maximum atomic E-state index is 13.1. The summed E-state index contributed by atoms with van der Waals surface area (Å²) in [6.07, 6.45) is 2.17. The maximum absolute atomic E-state index is 13.1. The molecule has 0 radical (unpaired) electrons. The minimum atomic E-state index is -0.427. The molecule has 3 nitrogen and oxygen atoms in total. The first-order chi connectivity index (χ1) is 9.49. The van der Waals surface area contributed by atoms with Gasteiger partial charge in [0.15, 0.2) is 0 Å². The van der Waals surface area contributed by atoms with Crippen LogP contribution in [-0.2, 0) is 4.79 Å². The van der Waals surface area contributed by atoms with E-state index in [4.69, 9.17) is 11.6 Å². The number of benzene rings is 1. The predicted octanol–water partition coefficient (Wildman–Crippen LogP) is 3.14. The van der Waals surface area contributed by atoms with E-state index in [1.807, 2.05) is 18.7 Å². The molecule has 1 amide bonds. The lowest BCUT2D eigenvalue weighted by Crippen LogP contribution is -2.44. The SMILES string of the molecule is CC(NC(C)c1ccc(F)c(Cl)c1)C(=O)N1CCCC1. The van der Waals surface area contributed by atoms with Crippen molar-refractivity contribution >= 4 is 17.5 Å². The van der Waals surface area contributed by atoms with Crippen LogP contribution in [0.1, 0.15) is 38.3 Å². The van der Waals surface area contributed by atoms with Crippen LogP contribution in [0.3, 0.4) is 0 Å². The monoisotopic (exact) mass is 298 g/mol. The van der Waals surface area contributed by atoms with E-state index < -0.39 is 5.82 Å². The third-order valence-corrected chi connectivity index (χ3v) is 4.02. The highest BCUT2D eigenvalue weighted by molar-refractivity contribution is 6.30. The lowest BCUT2D eigenvalue weighted by Gasteiger charge is -2.24. The molecule has 1 N–H and O–H groups in total. The van der Waals surface area contributed by atoms with Gasteiger partial charge in [0.25, 0.3) is 0 Å². The van der Waals surface area contributed by atoms with Gasteiger partial charge >= 0.3 is 0 Å². The van der Waals surface area contributed by atoms with Crippen molar-refractivity contribution < 1.29 is 9.18 Å². The van der Waals surface area contributed by atoms with Crippen LogP contribution in [0.15, 0.2) is 18.2 Å². The van der Waals surface area contributed by atoms with Crippen molar-refractivity contribution in [2.75, 3.05) is 13.1 Å². The summed E-state index contributed by atoms with van der Waals surface area (Å²) in [7, 11) is 0. The van der Waals surface area contributed by atoms with Crippen molar-refractivity contribution in [3.8, 4) is 0 Å². The molecule has 1 heterocycles. The second-order valence-corrected chi connectivity index (χ2v) is 5.72. The van der Waals surface area contributed by atoms with Gasteiger partial charge in [0.05, 0.1) is 11.1 Å². The van der Waals surface area contributed by atoms with E-state index in [1.54, 1.807) is 12.1 Å². The minimum absolute atomic E-state index is 0.0605. The lowest BCUT2D eigenvalue weighted by molar-refractivity contribution is -0.132. The Balaban J connectivity index is 1.97. The molecule has 1 aliphatic rings. The van der Waals surface area contributed by atoms with Crippen molar-refractivity contribution in [3.05, 3.63) is 34.6 Å². The van der Waals surface area contributed by atoms with Gasteiger partial charge in [0.1, 0.15) is 5.82 Å². The topological polar surface area (TPSA) is 32.3 Å². The Morgan fingerprint density at radius 1 is 1.35 bits per heavy atom. The van der Waals surface area contributed by atoms with E-state index in [2.05, 4.69) is 5.32 Å². The molecule has 2 unspecified atom stereocenters. The highest BCUT2D eigenvalue weighted by Gasteiger charge is 2.24. The van der Waals surface area contributed by atoms with Gasteiger partial charge in [-0.05, 0) is 44.4 Å². The minimum Gasteiger partial charge on any atom is -0.341 e. The molecular weight excluding hydrogens is 279 g/mol. The van der Waals surface area contributed by atoms with E-state index in [0.717, 1.165) is 31.5 Å². The van der Waals surface area contributed by atoms with Crippen molar-refractivity contribution in [2.45, 2.75) is 38.8 Å². The Bertz CT molecular complexity index is 489. The first kappa shape index (κ1) is 15.3. The standard InChI is InChI=1S/C15H20ClFN2O/c1-10(12-5-6-14(17)13(16)9-12)18-11(2)15(20)19-7-3-4-8-19/h5-6,9-11,18H,3-4,7-8H2,1-2H3. The summed E-state index contributed by atoms with van der Waals surface area (Å²) in [5.41, 5.74) is 0.873. The Morgan fingerprint density at radius 2 is 2.00 bits per heavy atom. The summed E-state index contributed by atoms with van der Waals surface area (Å²) < 4.78 is 13.1. The van der Waals surface area contributed by atoms with Crippen LogP contribution in [0, 0.1) is 5.82 Å². The zero-order valence-electron chi connectivity index (χ0n) is 11.8. The molecule has 2 atom stereocenters. The van der Waals surface area contributed by atoms with Crippen molar-refractivity contribution in [1.29, 1.82) is 0 Å². The third-order valence-electron chi connectivity index (χ3n) is 3.73. The molecular formula is C15H20ClFN2O. The molecule has 0 aliphatic carbocycles. The number of hydrogen-bond acceptors (Lipinski definition) is 2. The molecule has 1 aromatic carbocycles. The van der Waals surface area contributed by atoms with Gasteiger partial charge in [-0.25, -0.2) is 4.39 Å². The Morgan fingerprint density at radius 3 is 2.60 bits per heavy atom. The number of carbonyl (C=O) groups is 1. The van der Waals surface area contributed by atoms with Crippen molar-refractivity contribution in [3.63, 3.8) is 0 Å². The van der Waals surface area contributed by atoms with Gasteiger partial charge in [-0.1, -0.05) is 17.7 Å². The van der Waals surface area contributed by atoms with E-state index >= 15 is 0 Å². The highest BCUT2D eigenvalue weighted by atomic mass is 35.5. The van der Waals surface area contributed by atoms with Gasteiger partial charge in [-0.2, -0.15) is 0 Å². The van der Waals surface area contributed by atoms with Crippen LogP contribution < -0.4 is 5.32 Å². The zero-order valence-corrected chi connectivity index (χ0v) is 12.6. The summed E-state index contributed by atoms with van der Waals surface area (Å²) in [5.74, 6) is -0.300. The van der Waals surface area contributed by atoms with Gasteiger partial charge in [0.2, 0.25) is 5.91 Å². The highest BCUT2D eigenvalue weighted by Crippen LogP contribution is 2.21. The molecule has 1 saturated heterocycles. The summed E-state index contributed by atoms with van der Waals surface area (Å²) in [6.45, 7) is 5.50. The summed E-state index contributed by atoms with van der Waals surface area (Å²) in [6, 6.07) is 4.32. The van der Waals surface area contributed by atoms with Crippen LogP contribution in [-0.4, -0.2) is 29.9 Å². The van der Waals surface area contributed by atoms with Crippen LogP contribution in [0.5, 0.6) is 0 Å². The van der Waals surface area contributed by atoms with Gasteiger partial charge in [-0.15, -0.1) is 0 Å². The second-order valence-electron chi connectivity index (χ2n) is 5.32. The number of rotatable bonds is 4. The third kappa shape index (κ3) is 3.49. The number of nitrogens with zero attached hydrogens (tertiary/aromatic N) is 1. The summed E-state index contributed by atoms with van der Waals surface area (Å²) >= 11 is 5.78. The van der Waals surface area contributed by atoms with Crippen LogP contribution in [0.4, 0.5) is 4.39 Å². The smallest absolute Gasteiger partial charge is 0.239 e. The molecule has 1 aliphatic heterocycles.